The number of pyridine rings is 1. The van der Waals surface area contributed by atoms with E-state index in [1.165, 1.54) is 6.20 Å². The summed E-state index contributed by atoms with van der Waals surface area (Å²) in [5, 5.41) is 2.85. The van der Waals surface area contributed by atoms with Crippen LogP contribution >= 0.6 is 0 Å². The molecule has 164 valence electrons. The number of anilines is 1. The highest BCUT2D eigenvalue weighted by Crippen LogP contribution is 2.31. The van der Waals surface area contributed by atoms with E-state index in [4.69, 9.17) is 4.74 Å². The number of para-hydroxylation sites is 2. The van der Waals surface area contributed by atoms with Crippen molar-refractivity contribution in [1.82, 2.24) is 19.9 Å². The van der Waals surface area contributed by atoms with Crippen molar-refractivity contribution in [1.29, 1.82) is 0 Å². The third kappa shape index (κ3) is 4.44. The molecule has 0 bridgehead atoms. The van der Waals surface area contributed by atoms with Crippen molar-refractivity contribution < 1.29 is 14.3 Å². The van der Waals surface area contributed by atoms with Crippen molar-refractivity contribution in [2.45, 2.75) is 32.2 Å². The molecule has 1 aliphatic heterocycles. The molecule has 1 N–H and O–H groups in total. The van der Waals surface area contributed by atoms with Crippen molar-refractivity contribution >= 4 is 17.5 Å². The average molecular weight is 431 g/mol. The number of likely N-dealkylation sites (tertiary alicyclic amines) is 1. The second-order valence-corrected chi connectivity index (χ2v) is 7.63. The van der Waals surface area contributed by atoms with E-state index in [0.717, 1.165) is 19.3 Å². The summed E-state index contributed by atoms with van der Waals surface area (Å²) < 4.78 is 5.29. The maximum atomic E-state index is 13.1. The Morgan fingerprint density at radius 3 is 2.72 bits per heavy atom. The van der Waals surface area contributed by atoms with Gasteiger partial charge in [0, 0.05) is 25.1 Å². The molecule has 0 aliphatic carbocycles. The molecule has 8 heteroatoms. The zero-order chi connectivity index (χ0) is 22.5. The molecule has 1 fully saturated rings. The van der Waals surface area contributed by atoms with Gasteiger partial charge < -0.3 is 15.0 Å². The summed E-state index contributed by atoms with van der Waals surface area (Å²) in [7, 11) is 1.55. The van der Waals surface area contributed by atoms with Gasteiger partial charge in [-0.2, -0.15) is 0 Å². The van der Waals surface area contributed by atoms with Gasteiger partial charge in [0.1, 0.15) is 5.75 Å². The summed E-state index contributed by atoms with van der Waals surface area (Å²) in [5.74, 6) is 0.726. The van der Waals surface area contributed by atoms with Crippen LogP contribution in [0.3, 0.4) is 0 Å². The van der Waals surface area contributed by atoms with Crippen LogP contribution < -0.4 is 10.1 Å². The molecule has 0 spiro atoms. The lowest BCUT2D eigenvalue weighted by atomic mass is 10.00. The van der Waals surface area contributed by atoms with Gasteiger partial charge in [0.05, 0.1) is 35.7 Å². The highest BCUT2D eigenvalue weighted by Gasteiger charge is 2.31. The van der Waals surface area contributed by atoms with Gasteiger partial charge in [-0.1, -0.05) is 12.1 Å². The molecule has 1 saturated heterocycles. The topological polar surface area (TPSA) is 97.3 Å². The summed E-state index contributed by atoms with van der Waals surface area (Å²) in [6, 6.07) is 10.5. The number of piperidine rings is 1. The Hall–Kier alpha value is -3.81. The molecule has 8 nitrogen and oxygen atoms in total. The zero-order valence-electron chi connectivity index (χ0n) is 18.1. The van der Waals surface area contributed by atoms with Crippen LogP contribution in [0.5, 0.6) is 5.75 Å². The van der Waals surface area contributed by atoms with Gasteiger partial charge >= 0.3 is 0 Å². The minimum Gasteiger partial charge on any atom is -0.495 e. The van der Waals surface area contributed by atoms with Crippen LogP contribution in [0.15, 0.2) is 55.0 Å². The third-order valence-corrected chi connectivity index (χ3v) is 5.57. The predicted octanol–water partition coefficient (Wildman–Crippen LogP) is 3.81. The largest absolute Gasteiger partial charge is 0.495 e. The lowest BCUT2D eigenvalue weighted by Gasteiger charge is -2.34. The lowest BCUT2D eigenvalue weighted by molar-refractivity contribution is 0.0598. The number of amides is 2. The van der Waals surface area contributed by atoms with Crippen LogP contribution in [0.25, 0.3) is 0 Å². The van der Waals surface area contributed by atoms with Crippen LogP contribution in [-0.4, -0.2) is 45.3 Å². The van der Waals surface area contributed by atoms with Crippen LogP contribution in [0.2, 0.25) is 0 Å². The Morgan fingerprint density at radius 2 is 1.97 bits per heavy atom. The van der Waals surface area contributed by atoms with Crippen molar-refractivity contribution in [2.75, 3.05) is 19.0 Å². The van der Waals surface area contributed by atoms with Gasteiger partial charge in [0.25, 0.3) is 11.8 Å². The summed E-state index contributed by atoms with van der Waals surface area (Å²) in [5.41, 5.74) is 2.05. The first-order valence-corrected chi connectivity index (χ1v) is 10.6. The number of nitrogens with zero attached hydrogens (tertiary/aromatic N) is 4. The van der Waals surface area contributed by atoms with Crippen molar-refractivity contribution in [3.8, 4) is 5.75 Å². The second kappa shape index (κ2) is 9.55. The van der Waals surface area contributed by atoms with Gasteiger partial charge in [0.2, 0.25) is 0 Å². The number of rotatable bonds is 5. The molecule has 1 atom stereocenters. The number of nitrogens with one attached hydrogen (secondary N) is 1. The van der Waals surface area contributed by atoms with Gasteiger partial charge in [-0.15, -0.1) is 0 Å². The van der Waals surface area contributed by atoms with Crippen LogP contribution in [0, 0.1) is 6.92 Å². The zero-order valence-corrected chi connectivity index (χ0v) is 18.1. The van der Waals surface area contributed by atoms with Gasteiger partial charge in [-0.05, 0) is 50.5 Å². The third-order valence-electron chi connectivity index (χ3n) is 5.57. The molecule has 0 radical (unpaired) electrons. The fourth-order valence-electron chi connectivity index (χ4n) is 3.90. The van der Waals surface area contributed by atoms with E-state index in [0.29, 0.717) is 40.6 Å². The number of carbonyl (C=O) groups is 2. The van der Waals surface area contributed by atoms with E-state index >= 15 is 0 Å². The molecular weight excluding hydrogens is 406 g/mol. The minimum absolute atomic E-state index is 0.0814. The van der Waals surface area contributed by atoms with E-state index in [-0.39, 0.29) is 17.9 Å². The van der Waals surface area contributed by atoms with Crippen LogP contribution in [-0.2, 0) is 0 Å². The Bertz CT molecular complexity index is 1120. The maximum absolute atomic E-state index is 13.1. The van der Waals surface area contributed by atoms with E-state index in [1.807, 2.05) is 17.0 Å². The van der Waals surface area contributed by atoms with Gasteiger partial charge in [-0.25, -0.2) is 9.97 Å². The lowest BCUT2D eigenvalue weighted by Crippen LogP contribution is -2.39. The number of methoxy groups -OCH3 is 1. The van der Waals surface area contributed by atoms with E-state index in [9.17, 15) is 9.59 Å². The first-order valence-electron chi connectivity index (χ1n) is 10.6. The first-order chi connectivity index (χ1) is 15.6. The summed E-state index contributed by atoms with van der Waals surface area (Å²) in [6.45, 7) is 2.41. The fourth-order valence-corrected chi connectivity index (χ4v) is 3.90. The predicted molar refractivity (Wildman–Crippen MR) is 120 cm³/mol. The molecular formula is C24H25N5O3. The molecule has 0 saturated carbocycles. The Labute approximate surface area is 186 Å². The SMILES string of the molecule is COc1ccccc1NC(=O)c1cnc(C2CCCCN2C(=O)c2cccnc2)nc1C. The molecule has 2 amide bonds. The van der Waals surface area contributed by atoms with Crippen molar-refractivity contribution in [2.24, 2.45) is 0 Å². The molecule has 1 aliphatic rings. The monoisotopic (exact) mass is 431 g/mol. The highest BCUT2D eigenvalue weighted by atomic mass is 16.5. The molecule has 4 rings (SSSR count). The summed E-state index contributed by atoms with van der Waals surface area (Å²) in [4.78, 5) is 40.9. The fraction of sp³-hybridized carbons (Fsp3) is 0.292. The highest BCUT2D eigenvalue weighted by molar-refractivity contribution is 6.05. The number of aromatic nitrogens is 3. The molecule has 1 aromatic carbocycles. The maximum Gasteiger partial charge on any atom is 0.259 e. The summed E-state index contributed by atoms with van der Waals surface area (Å²) >= 11 is 0. The van der Waals surface area contributed by atoms with E-state index in [2.05, 4.69) is 20.3 Å². The number of benzene rings is 1. The molecule has 32 heavy (non-hydrogen) atoms. The Balaban J connectivity index is 1.56. The molecule has 3 heterocycles. The Morgan fingerprint density at radius 1 is 1.12 bits per heavy atom. The first kappa shape index (κ1) is 21.4. The van der Waals surface area contributed by atoms with Crippen molar-refractivity contribution in [3.63, 3.8) is 0 Å². The van der Waals surface area contributed by atoms with Crippen LogP contribution in [0.1, 0.15) is 57.5 Å². The minimum atomic E-state index is -0.314. The van der Waals surface area contributed by atoms with Gasteiger partial charge in [0.15, 0.2) is 5.82 Å². The Kier molecular flexibility index (Phi) is 6.39. The van der Waals surface area contributed by atoms with Crippen LogP contribution in [0.4, 0.5) is 5.69 Å². The number of ether oxygens (including phenoxy) is 1. The number of aryl methyl sites for hydroxylation is 1. The smallest absolute Gasteiger partial charge is 0.259 e. The quantitative estimate of drug-likeness (QED) is 0.660. The standard InChI is InChI=1S/C24H25N5O3/c1-16-18(23(30)28-19-9-3-4-11-21(19)32-2)15-26-22(27-16)20-10-5-6-13-29(20)24(31)17-8-7-12-25-14-17/h3-4,7-9,11-12,14-15,20H,5-6,10,13H2,1-2H3,(H,28,30). The number of hydrogen-bond acceptors (Lipinski definition) is 6. The molecule has 1 unspecified atom stereocenters. The van der Waals surface area contributed by atoms with Gasteiger partial charge in [-0.3, -0.25) is 14.6 Å². The van der Waals surface area contributed by atoms with E-state index in [1.54, 1.807) is 50.7 Å². The number of hydrogen-bond donors (Lipinski definition) is 1. The number of carbonyl (C=O) groups excluding carboxylic acids is 2. The summed E-state index contributed by atoms with van der Waals surface area (Å²) in [6.07, 6.45) is 7.44. The second-order valence-electron chi connectivity index (χ2n) is 7.63. The molecule has 3 aromatic rings. The average Bonchev–Trinajstić information content (AvgIpc) is 2.84. The normalized spacial score (nSPS) is 15.8. The van der Waals surface area contributed by atoms with E-state index < -0.39 is 0 Å². The van der Waals surface area contributed by atoms with Crippen molar-refractivity contribution in [3.05, 3.63) is 77.6 Å². The molecule has 2 aromatic heterocycles.